The van der Waals surface area contributed by atoms with Crippen LogP contribution in [0.5, 0.6) is 0 Å². The first-order valence-corrected chi connectivity index (χ1v) is 10.9. The summed E-state index contributed by atoms with van der Waals surface area (Å²) in [7, 11) is 0. The second-order valence-electron chi connectivity index (χ2n) is 7.21. The Morgan fingerprint density at radius 2 is 1.47 bits per heavy atom. The molecule has 150 valence electrons. The Labute approximate surface area is 181 Å². The number of hydrogen-bond acceptors (Lipinski definition) is 3. The number of nitrogens with zero attached hydrogens (tertiary/aromatic N) is 1. The van der Waals surface area contributed by atoms with Gasteiger partial charge in [-0.15, -0.1) is 11.3 Å². The highest BCUT2D eigenvalue weighted by molar-refractivity contribution is 7.17. The molecule has 0 aliphatic rings. The summed E-state index contributed by atoms with van der Waals surface area (Å²) in [5, 5.41) is 4.09. The monoisotopic (exact) mass is 412 g/mol. The van der Waals surface area contributed by atoms with E-state index in [-0.39, 0.29) is 11.9 Å². The van der Waals surface area contributed by atoms with E-state index in [4.69, 9.17) is 0 Å². The third-order valence-corrected chi connectivity index (χ3v) is 6.36. The molecule has 30 heavy (non-hydrogen) atoms. The fourth-order valence-corrected chi connectivity index (χ4v) is 4.44. The van der Waals surface area contributed by atoms with Gasteiger partial charge in [-0.05, 0) is 30.0 Å². The van der Waals surface area contributed by atoms with Crippen LogP contribution in [-0.2, 0) is 6.42 Å². The average Bonchev–Trinajstić information content (AvgIpc) is 3.20. The van der Waals surface area contributed by atoms with Crippen LogP contribution in [0.4, 0.5) is 0 Å². The molecule has 0 unspecified atom stereocenters. The molecule has 0 aliphatic carbocycles. The highest BCUT2D eigenvalue weighted by Crippen LogP contribution is 2.29. The van der Waals surface area contributed by atoms with E-state index in [0.717, 1.165) is 33.8 Å². The Hall–Kier alpha value is -3.24. The lowest BCUT2D eigenvalue weighted by Crippen LogP contribution is -2.29. The molecular weight excluding hydrogens is 388 g/mol. The van der Waals surface area contributed by atoms with Crippen LogP contribution in [0.15, 0.2) is 84.9 Å². The zero-order valence-corrected chi connectivity index (χ0v) is 17.9. The first-order chi connectivity index (χ1) is 14.7. The van der Waals surface area contributed by atoms with Crippen molar-refractivity contribution in [3.8, 4) is 10.6 Å². The van der Waals surface area contributed by atoms with Gasteiger partial charge in [-0.25, -0.2) is 4.98 Å². The number of hydrogen-bond donors (Lipinski definition) is 1. The Kier molecular flexibility index (Phi) is 6.05. The van der Waals surface area contributed by atoms with E-state index >= 15 is 0 Å². The van der Waals surface area contributed by atoms with Gasteiger partial charge in [0.15, 0.2) is 0 Å². The zero-order chi connectivity index (χ0) is 20.9. The third-order valence-electron chi connectivity index (χ3n) is 5.15. The van der Waals surface area contributed by atoms with Crippen LogP contribution in [0.3, 0.4) is 0 Å². The van der Waals surface area contributed by atoms with Crippen LogP contribution < -0.4 is 5.32 Å². The summed E-state index contributed by atoms with van der Waals surface area (Å²) in [6.45, 7) is 4.04. The summed E-state index contributed by atoms with van der Waals surface area (Å²) in [5.41, 5.74) is 5.19. The molecule has 1 heterocycles. The Morgan fingerprint density at radius 3 is 2.00 bits per heavy atom. The predicted molar refractivity (Wildman–Crippen MR) is 124 cm³/mol. The van der Waals surface area contributed by atoms with E-state index in [0.29, 0.717) is 4.88 Å². The number of benzene rings is 3. The standard InChI is InChI=1S/C26H24N2OS/c1-3-19-14-16-22(17-15-19)26-27-18(2)24(30-26)25(29)28-23(20-10-6-4-7-11-20)21-12-8-5-9-13-21/h4-17,23H,3H2,1-2H3,(H,28,29). The average molecular weight is 413 g/mol. The number of aryl methyl sites for hydroxylation is 2. The summed E-state index contributed by atoms with van der Waals surface area (Å²) < 4.78 is 0. The van der Waals surface area contributed by atoms with Gasteiger partial charge in [0.25, 0.3) is 5.91 Å². The Bertz CT molecular complexity index is 1080. The normalized spacial score (nSPS) is 10.9. The van der Waals surface area contributed by atoms with Gasteiger partial charge in [0.2, 0.25) is 0 Å². The smallest absolute Gasteiger partial charge is 0.264 e. The van der Waals surface area contributed by atoms with Gasteiger partial charge in [0.05, 0.1) is 11.7 Å². The number of carbonyl (C=O) groups excluding carboxylic acids is 1. The van der Waals surface area contributed by atoms with Gasteiger partial charge in [0, 0.05) is 5.56 Å². The molecule has 4 heteroatoms. The molecule has 0 radical (unpaired) electrons. The minimum absolute atomic E-state index is 0.0980. The van der Waals surface area contributed by atoms with Crippen molar-refractivity contribution in [2.45, 2.75) is 26.3 Å². The molecule has 1 aromatic heterocycles. The van der Waals surface area contributed by atoms with E-state index in [1.54, 1.807) is 0 Å². The van der Waals surface area contributed by atoms with Crippen LogP contribution in [0.25, 0.3) is 10.6 Å². The van der Waals surface area contributed by atoms with Gasteiger partial charge in [-0.1, -0.05) is 91.9 Å². The first kappa shape index (κ1) is 20.0. The fraction of sp³-hybridized carbons (Fsp3) is 0.154. The minimum atomic E-state index is -0.214. The molecule has 3 nitrogen and oxygen atoms in total. The first-order valence-electron chi connectivity index (χ1n) is 10.1. The molecule has 1 N–H and O–H groups in total. The number of aromatic nitrogens is 1. The van der Waals surface area contributed by atoms with Gasteiger partial charge in [0.1, 0.15) is 9.88 Å². The highest BCUT2D eigenvalue weighted by atomic mass is 32.1. The molecule has 4 rings (SSSR count). The van der Waals surface area contributed by atoms with Crippen molar-refractivity contribution in [2.75, 3.05) is 0 Å². The van der Waals surface area contributed by atoms with Crippen LogP contribution >= 0.6 is 11.3 Å². The number of thiazole rings is 1. The van der Waals surface area contributed by atoms with Crippen LogP contribution in [0.1, 0.15) is 45.0 Å². The van der Waals surface area contributed by atoms with Crippen molar-refractivity contribution >= 4 is 17.2 Å². The third kappa shape index (κ3) is 4.34. The topological polar surface area (TPSA) is 42.0 Å². The van der Waals surface area contributed by atoms with Crippen molar-refractivity contribution in [3.63, 3.8) is 0 Å². The molecule has 3 aromatic carbocycles. The van der Waals surface area contributed by atoms with Crippen molar-refractivity contribution < 1.29 is 4.79 Å². The van der Waals surface area contributed by atoms with E-state index in [1.807, 2.05) is 67.6 Å². The molecular formula is C26H24N2OS. The van der Waals surface area contributed by atoms with Crippen molar-refractivity contribution in [1.82, 2.24) is 10.3 Å². The van der Waals surface area contributed by atoms with Crippen molar-refractivity contribution in [1.29, 1.82) is 0 Å². The van der Waals surface area contributed by atoms with Gasteiger partial charge < -0.3 is 5.32 Å². The quantitative estimate of drug-likeness (QED) is 0.410. The lowest BCUT2D eigenvalue weighted by Gasteiger charge is -2.19. The molecule has 0 spiro atoms. The molecule has 0 aliphatic heterocycles. The Balaban J connectivity index is 1.62. The zero-order valence-electron chi connectivity index (χ0n) is 17.1. The number of carbonyl (C=O) groups is 1. The molecule has 4 aromatic rings. The summed E-state index contributed by atoms with van der Waals surface area (Å²) in [4.78, 5) is 18.5. The number of amides is 1. The second-order valence-corrected chi connectivity index (χ2v) is 8.21. The number of nitrogens with one attached hydrogen (secondary N) is 1. The van der Waals surface area contributed by atoms with E-state index in [2.05, 4.69) is 41.5 Å². The largest absolute Gasteiger partial charge is 0.340 e. The van der Waals surface area contributed by atoms with E-state index < -0.39 is 0 Å². The van der Waals surface area contributed by atoms with E-state index in [9.17, 15) is 4.79 Å². The summed E-state index contributed by atoms with van der Waals surface area (Å²) in [6, 6.07) is 28.3. The van der Waals surface area contributed by atoms with E-state index in [1.165, 1.54) is 16.9 Å². The second kappa shape index (κ2) is 9.06. The van der Waals surface area contributed by atoms with Gasteiger partial charge >= 0.3 is 0 Å². The molecule has 0 fully saturated rings. The maximum absolute atomic E-state index is 13.2. The van der Waals surface area contributed by atoms with Crippen molar-refractivity contribution in [2.24, 2.45) is 0 Å². The summed E-state index contributed by atoms with van der Waals surface area (Å²) >= 11 is 1.44. The lowest BCUT2D eigenvalue weighted by molar-refractivity contribution is 0.0946. The molecule has 0 atom stereocenters. The molecule has 0 saturated heterocycles. The minimum Gasteiger partial charge on any atom is -0.340 e. The van der Waals surface area contributed by atoms with Crippen molar-refractivity contribution in [3.05, 3.63) is 112 Å². The Morgan fingerprint density at radius 1 is 0.900 bits per heavy atom. The number of rotatable bonds is 6. The lowest BCUT2D eigenvalue weighted by atomic mass is 9.98. The van der Waals surface area contributed by atoms with Gasteiger partial charge in [-0.3, -0.25) is 4.79 Å². The summed E-state index contributed by atoms with van der Waals surface area (Å²) in [5.74, 6) is -0.0980. The maximum Gasteiger partial charge on any atom is 0.264 e. The molecule has 0 saturated carbocycles. The summed E-state index contributed by atoms with van der Waals surface area (Å²) in [6.07, 6.45) is 1.01. The fourth-order valence-electron chi connectivity index (χ4n) is 3.46. The maximum atomic E-state index is 13.2. The highest BCUT2D eigenvalue weighted by Gasteiger charge is 2.21. The SMILES string of the molecule is CCc1ccc(-c2nc(C)c(C(=O)NC(c3ccccc3)c3ccccc3)s2)cc1. The molecule has 0 bridgehead atoms. The molecule has 1 amide bonds. The predicted octanol–water partition coefficient (Wildman–Crippen LogP) is 6.20. The van der Waals surface area contributed by atoms with Crippen LogP contribution in [0.2, 0.25) is 0 Å². The van der Waals surface area contributed by atoms with Gasteiger partial charge in [-0.2, -0.15) is 0 Å². The van der Waals surface area contributed by atoms with Crippen LogP contribution in [-0.4, -0.2) is 10.9 Å². The van der Waals surface area contributed by atoms with Crippen LogP contribution in [0, 0.1) is 6.92 Å².